The number of nitriles is 1. The molecule has 0 spiro atoms. The maximum atomic E-state index is 8.75. The van der Waals surface area contributed by atoms with E-state index in [2.05, 4.69) is 21.3 Å². The van der Waals surface area contributed by atoms with Gasteiger partial charge in [0.25, 0.3) is 11.1 Å². The fourth-order valence-electron chi connectivity index (χ4n) is 1.68. The van der Waals surface area contributed by atoms with E-state index in [0.29, 0.717) is 28.1 Å². The highest BCUT2D eigenvalue weighted by Crippen LogP contribution is 2.24. The van der Waals surface area contributed by atoms with Gasteiger partial charge in [0.2, 0.25) is 0 Å². The minimum Gasteiger partial charge on any atom is -0.410 e. The van der Waals surface area contributed by atoms with Gasteiger partial charge in [-0.2, -0.15) is 5.26 Å². The van der Waals surface area contributed by atoms with Gasteiger partial charge in [-0.1, -0.05) is 30.0 Å². The monoisotopic (exact) mass is 294 g/mol. The van der Waals surface area contributed by atoms with Crippen LogP contribution in [0.3, 0.4) is 0 Å². The highest BCUT2D eigenvalue weighted by molar-refractivity contribution is 7.98. The Morgan fingerprint density at radius 2 is 1.95 bits per heavy atom. The molecule has 21 heavy (non-hydrogen) atoms. The van der Waals surface area contributed by atoms with E-state index >= 15 is 0 Å². The molecule has 6 heteroatoms. The predicted octanol–water partition coefficient (Wildman–Crippen LogP) is 3.30. The maximum absolute atomic E-state index is 8.75. The average Bonchev–Trinajstić information content (AvgIpc) is 3.03. The molecule has 0 fully saturated rings. The normalized spacial score (nSPS) is 10.2. The Kier molecular flexibility index (Phi) is 3.94. The summed E-state index contributed by atoms with van der Waals surface area (Å²) in [5.74, 6) is 1.12. The topological polar surface area (TPSA) is 75.6 Å². The van der Waals surface area contributed by atoms with Crippen molar-refractivity contribution in [1.82, 2.24) is 15.2 Å². The number of thioether (sulfide) groups is 1. The van der Waals surface area contributed by atoms with Crippen LogP contribution in [0.15, 0.2) is 58.3 Å². The lowest BCUT2D eigenvalue weighted by Crippen LogP contribution is -1.81. The van der Waals surface area contributed by atoms with Crippen molar-refractivity contribution in [1.29, 1.82) is 5.26 Å². The predicted molar refractivity (Wildman–Crippen MR) is 78.2 cm³/mol. The van der Waals surface area contributed by atoms with E-state index < -0.39 is 0 Å². The van der Waals surface area contributed by atoms with Gasteiger partial charge in [-0.15, -0.1) is 10.2 Å². The molecule has 0 saturated carbocycles. The largest absolute Gasteiger partial charge is 0.410 e. The molecule has 0 aliphatic carbocycles. The van der Waals surface area contributed by atoms with Crippen LogP contribution in [0.25, 0.3) is 11.6 Å². The first-order valence-electron chi connectivity index (χ1n) is 6.22. The van der Waals surface area contributed by atoms with Gasteiger partial charge < -0.3 is 4.42 Å². The molecule has 0 unspecified atom stereocenters. The van der Waals surface area contributed by atoms with Crippen molar-refractivity contribution in [2.24, 2.45) is 0 Å². The van der Waals surface area contributed by atoms with Crippen molar-refractivity contribution in [2.75, 3.05) is 0 Å². The van der Waals surface area contributed by atoms with Gasteiger partial charge in [0, 0.05) is 11.9 Å². The van der Waals surface area contributed by atoms with Crippen LogP contribution in [0, 0.1) is 11.3 Å². The lowest BCUT2D eigenvalue weighted by molar-refractivity contribution is 0.464. The Hall–Kier alpha value is -2.65. The summed E-state index contributed by atoms with van der Waals surface area (Å²) in [7, 11) is 0. The van der Waals surface area contributed by atoms with Gasteiger partial charge in [-0.25, -0.2) is 0 Å². The van der Waals surface area contributed by atoms with Gasteiger partial charge in [0.15, 0.2) is 0 Å². The Morgan fingerprint density at radius 3 is 2.67 bits per heavy atom. The van der Waals surface area contributed by atoms with Crippen LogP contribution in [-0.4, -0.2) is 15.2 Å². The van der Waals surface area contributed by atoms with Crippen LogP contribution in [-0.2, 0) is 5.75 Å². The minimum atomic E-state index is 0.415. The van der Waals surface area contributed by atoms with E-state index in [1.807, 2.05) is 30.3 Å². The van der Waals surface area contributed by atoms with Crippen LogP contribution >= 0.6 is 11.8 Å². The maximum Gasteiger partial charge on any atom is 0.277 e. The summed E-state index contributed by atoms with van der Waals surface area (Å²) >= 11 is 1.45. The second kappa shape index (κ2) is 6.20. The summed E-state index contributed by atoms with van der Waals surface area (Å²) in [6, 6.07) is 15.0. The van der Waals surface area contributed by atoms with E-state index in [1.165, 1.54) is 11.8 Å². The van der Waals surface area contributed by atoms with Gasteiger partial charge in [0.1, 0.15) is 5.69 Å². The van der Waals surface area contributed by atoms with E-state index in [0.717, 1.165) is 5.56 Å². The Labute approximate surface area is 125 Å². The summed E-state index contributed by atoms with van der Waals surface area (Å²) in [4.78, 5) is 4.16. The van der Waals surface area contributed by atoms with Gasteiger partial charge in [-0.05, 0) is 29.8 Å². The second-order valence-corrected chi connectivity index (χ2v) is 5.11. The van der Waals surface area contributed by atoms with E-state index in [1.54, 1.807) is 18.3 Å². The van der Waals surface area contributed by atoms with Gasteiger partial charge in [0.05, 0.1) is 11.6 Å². The molecule has 3 aromatic rings. The third-order valence-corrected chi connectivity index (χ3v) is 3.63. The number of nitrogens with zero attached hydrogens (tertiary/aromatic N) is 4. The van der Waals surface area contributed by atoms with Gasteiger partial charge >= 0.3 is 0 Å². The first-order chi connectivity index (χ1) is 10.3. The Balaban J connectivity index is 1.66. The first-order valence-corrected chi connectivity index (χ1v) is 7.20. The zero-order valence-electron chi connectivity index (χ0n) is 10.9. The van der Waals surface area contributed by atoms with E-state index in [9.17, 15) is 0 Å². The SMILES string of the molecule is N#Cc1ccc(CSc2nnc(-c3ccccn3)o2)cc1. The molecule has 0 radical (unpaired) electrons. The zero-order valence-corrected chi connectivity index (χ0v) is 11.7. The molecule has 0 aliphatic heterocycles. The van der Waals surface area contributed by atoms with E-state index in [4.69, 9.17) is 9.68 Å². The van der Waals surface area contributed by atoms with Crippen molar-refractivity contribution in [3.8, 4) is 17.7 Å². The number of hydrogen-bond acceptors (Lipinski definition) is 6. The van der Waals surface area contributed by atoms with Crippen LogP contribution in [0.5, 0.6) is 0 Å². The van der Waals surface area contributed by atoms with Crippen LogP contribution in [0.4, 0.5) is 0 Å². The smallest absolute Gasteiger partial charge is 0.277 e. The molecule has 102 valence electrons. The molecule has 2 heterocycles. The number of rotatable bonds is 4. The van der Waals surface area contributed by atoms with Crippen LogP contribution in [0.1, 0.15) is 11.1 Å². The molecule has 0 atom stereocenters. The van der Waals surface area contributed by atoms with Crippen molar-refractivity contribution in [3.05, 3.63) is 59.8 Å². The Bertz CT molecular complexity index is 762. The van der Waals surface area contributed by atoms with Crippen LogP contribution in [0.2, 0.25) is 0 Å². The summed E-state index contributed by atoms with van der Waals surface area (Å²) in [5.41, 5.74) is 2.41. The third-order valence-electron chi connectivity index (χ3n) is 2.74. The molecule has 0 amide bonds. The summed E-state index contributed by atoms with van der Waals surface area (Å²) < 4.78 is 5.56. The molecule has 1 aromatic carbocycles. The van der Waals surface area contributed by atoms with Crippen molar-refractivity contribution in [2.45, 2.75) is 11.0 Å². The number of benzene rings is 1. The minimum absolute atomic E-state index is 0.415. The molecule has 0 aliphatic rings. The number of aromatic nitrogens is 3. The summed E-state index contributed by atoms with van der Waals surface area (Å²) in [5, 5.41) is 17.2. The molecule has 2 aromatic heterocycles. The van der Waals surface area contributed by atoms with Crippen molar-refractivity contribution in [3.63, 3.8) is 0 Å². The lowest BCUT2D eigenvalue weighted by Gasteiger charge is -1.97. The standard InChI is InChI=1S/C15H10N4OS/c16-9-11-4-6-12(7-5-11)10-21-15-19-18-14(20-15)13-3-1-2-8-17-13/h1-8H,10H2. The molecule has 0 bridgehead atoms. The quantitative estimate of drug-likeness (QED) is 0.687. The van der Waals surface area contributed by atoms with Crippen molar-refractivity contribution >= 4 is 11.8 Å². The number of hydrogen-bond donors (Lipinski definition) is 0. The highest BCUT2D eigenvalue weighted by atomic mass is 32.2. The zero-order chi connectivity index (χ0) is 14.5. The molecule has 0 N–H and O–H groups in total. The molecular weight excluding hydrogens is 284 g/mol. The van der Waals surface area contributed by atoms with Crippen LogP contribution < -0.4 is 0 Å². The average molecular weight is 294 g/mol. The third kappa shape index (κ3) is 3.27. The molecule has 3 rings (SSSR count). The number of pyridine rings is 1. The summed E-state index contributed by atoms with van der Waals surface area (Å²) in [6.07, 6.45) is 1.68. The second-order valence-electron chi connectivity index (χ2n) is 4.19. The van der Waals surface area contributed by atoms with E-state index in [-0.39, 0.29) is 0 Å². The fraction of sp³-hybridized carbons (Fsp3) is 0.0667. The van der Waals surface area contributed by atoms with Crippen molar-refractivity contribution < 1.29 is 4.42 Å². The molecule has 5 nitrogen and oxygen atoms in total. The Morgan fingerprint density at radius 1 is 1.10 bits per heavy atom. The summed E-state index contributed by atoms with van der Waals surface area (Å²) in [6.45, 7) is 0. The molecule has 0 saturated heterocycles. The lowest BCUT2D eigenvalue weighted by atomic mass is 10.2. The first kappa shape index (κ1) is 13.3. The fourth-order valence-corrected chi connectivity index (χ4v) is 2.40. The molecular formula is C15H10N4OS. The van der Waals surface area contributed by atoms with Gasteiger partial charge in [-0.3, -0.25) is 4.98 Å². The highest BCUT2D eigenvalue weighted by Gasteiger charge is 2.09.